The third kappa shape index (κ3) is 2.85. The molecule has 1 aliphatic rings. The van der Waals surface area contributed by atoms with Crippen LogP contribution in [0, 0.1) is 5.92 Å². The lowest BCUT2D eigenvalue weighted by atomic mass is 9.85. The molecular formula is C17H19ClN2OS. The minimum Gasteiger partial charge on any atom is -0.390 e. The van der Waals surface area contributed by atoms with Gasteiger partial charge in [-0.1, -0.05) is 37.1 Å². The van der Waals surface area contributed by atoms with Crippen molar-refractivity contribution in [3.8, 4) is 0 Å². The minimum absolute atomic E-state index is 0.155. The lowest BCUT2D eigenvalue weighted by molar-refractivity contribution is 0.102. The second kappa shape index (κ2) is 6.31. The van der Waals surface area contributed by atoms with Crippen LogP contribution in [0.1, 0.15) is 40.6 Å². The van der Waals surface area contributed by atoms with Crippen molar-refractivity contribution in [1.29, 1.82) is 0 Å². The Bertz CT molecular complexity index is 711. The van der Waals surface area contributed by atoms with E-state index in [1.165, 1.54) is 11.3 Å². The first kappa shape index (κ1) is 15.4. The molecule has 1 aromatic heterocycles. The van der Waals surface area contributed by atoms with Gasteiger partial charge >= 0.3 is 0 Å². The Morgan fingerprint density at radius 1 is 1.45 bits per heavy atom. The van der Waals surface area contributed by atoms with Crippen molar-refractivity contribution in [1.82, 2.24) is 0 Å². The number of benzene rings is 1. The molecule has 1 heterocycles. The van der Waals surface area contributed by atoms with Crippen LogP contribution in [-0.4, -0.2) is 5.91 Å². The van der Waals surface area contributed by atoms with Crippen LogP contribution in [0.5, 0.6) is 0 Å². The topological polar surface area (TPSA) is 55.1 Å². The van der Waals surface area contributed by atoms with Crippen molar-refractivity contribution in [2.45, 2.75) is 32.6 Å². The fraction of sp³-hybridized carbons (Fsp3) is 0.353. The van der Waals surface area contributed by atoms with E-state index in [1.54, 1.807) is 23.5 Å². The number of carbonyl (C=O) groups is 1. The first-order valence-corrected chi connectivity index (χ1v) is 8.75. The Balaban J connectivity index is 1.88. The van der Waals surface area contributed by atoms with Crippen molar-refractivity contribution in [2.75, 3.05) is 11.1 Å². The third-order valence-electron chi connectivity index (χ3n) is 4.32. The normalized spacial score (nSPS) is 17.1. The molecule has 1 aliphatic carbocycles. The second-order valence-corrected chi connectivity index (χ2v) is 7.24. The highest BCUT2D eigenvalue weighted by atomic mass is 35.5. The van der Waals surface area contributed by atoms with E-state index in [2.05, 4.69) is 12.2 Å². The number of hydrogen-bond donors (Lipinski definition) is 2. The zero-order valence-electron chi connectivity index (χ0n) is 12.5. The number of para-hydroxylation sites is 1. The van der Waals surface area contributed by atoms with Gasteiger partial charge in [0.05, 0.1) is 21.3 Å². The standard InChI is InChI=1S/C17H19ClN2OS/c1-2-10-7-8-11-14(9-10)22-16(19)15(11)17(21)20-13-6-4-3-5-12(13)18/h3-6,10H,2,7-9,19H2,1H3,(H,20,21)/t10-/m1/s1. The molecule has 0 aliphatic heterocycles. The van der Waals surface area contributed by atoms with Crippen LogP contribution in [0.2, 0.25) is 5.02 Å². The summed E-state index contributed by atoms with van der Waals surface area (Å²) in [4.78, 5) is 13.9. The summed E-state index contributed by atoms with van der Waals surface area (Å²) in [5.74, 6) is 0.558. The van der Waals surface area contributed by atoms with E-state index in [-0.39, 0.29) is 5.91 Å². The molecule has 0 radical (unpaired) electrons. The Hall–Kier alpha value is -1.52. The van der Waals surface area contributed by atoms with Crippen LogP contribution in [0.15, 0.2) is 24.3 Å². The lowest BCUT2D eigenvalue weighted by Gasteiger charge is -2.21. The van der Waals surface area contributed by atoms with Gasteiger partial charge in [-0.15, -0.1) is 11.3 Å². The molecule has 3 nitrogen and oxygen atoms in total. The van der Waals surface area contributed by atoms with Crippen LogP contribution < -0.4 is 11.1 Å². The molecule has 1 aromatic carbocycles. The van der Waals surface area contributed by atoms with E-state index in [9.17, 15) is 4.79 Å². The van der Waals surface area contributed by atoms with Crippen LogP contribution >= 0.6 is 22.9 Å². The van der Waals surface area contributed by atoms with Crippen LogP contribution in [0.4, 0.5) is 10.7 Å². The summed E-state index contributed by atoms with van der Waals surface area (Å²) in [5, 5.41) is 4.03. The Kier molecular flexibility index (Phi) is 4.41. The molecular weight excluding hydrogens is 316 g/mol. The molecule has 3 N–H and O–H groups in total. The number of nitrogens with one attached hydrogen (secondary N) is 1. The number of fused-ring (bicyclic) bond motifs is 1. The molecule has 0 unspecified atom stereocenters. The van der Waals surface area contributed by atoms with Crippen molar-refractivity contribution in [3.63, 3.8) is 0 Å². The van der Waals surface area contributed by atoms with E-state index in [0.717, 1.165) is 24.8 Å². The summed E-state index contributed by atoms with van der Waals surface area (Å²) < 4.78 is 0. The van der Waals surface area contributed by atoms with Crippen molar-refractivity contribution < 1.29 is 4.79 Å². The second-order valence-electron chi connectivity index (χ2n) is 5.69. The Morgan fingerprint density at radius 2 is 2.23 bits per heavy atom. The third-order valence-corrected chi connectivity index (χ3v) is 5.73. The number of halogens is 1. The summed E-state index contributed by atoms with van der Waals surface area (Å²) in [6, 6.07) is 7.24. The van der Waals surface area contributed by atoms with E-state index in [1.807, 2.05) is 12.1 Å². The van der Waals surface area contributed by atoms with Crippen molar-refractivity contribution in [3.05, 3.63) is 45.3 Å². The number of rotatable bonds is 3. The lowest BCUT2D eigenvalue weighted by Crippen LogP contribution is -2.18. The van der Waals surface area contributed by atoms with Gasteiger partial charge in [-0.25, -0.2) is 0 Å². The highest BCUT2D eigenvalue weighted by Gasteiger charge is 2.27. The molecule has 5 heteroatoms. The maximum absolute atomic E-state index is 12.6. The van der Waals surface area contributed by atoms with Gasteiger partial charge in [0.15, 0.2) is 0 Å². The van der Waals surface area contributed by atoms with Gasteiger partial charge in [0.2, 0.25) is 0 Å². The van der Waals surface area contributed by atoms with E-state index < -0.39 is 0 Å². The average molecular weight is 335 g/mol. The highest BCUT2D eigenvalue weighted by Crippen LogP contribution is 2.39. The number of anilines is 2. The predicted molar refractivity (Wildman–Crippen MR) is 93.9 cm³/mol. The van der Waals surface area contributed by atoms with Gasteiger partial charge in [0.25, 0.3) is 5.91 Å². The quantitative estimate of drug-likeness (QED) is 0.850. The average Bonchev–Trinajstić information content (AvgIpc) is 2.84. The summed E-state index contributed by atoms with van der Waals surface area (Å²) in [6.45, 7) is 2.22. The Morgan fingerprint density at radius 3 is 2.95 bits per heavy atom. The first-order chi connectivity index (χ1) is 10.6. The number of thiophene rings is 1. The zero-order chi connectivity index (χ0) is 15.7. The van der Waals surface area contributed by atoms with Gasteiger partial charge in [0, 0.05) is 4.88 Å². The van der Waals surface area contributed by atoms with E-state index >= 15 is 0 Å². The number of amides is 1. The Labute approximate surface area is 139 Å². The number of carbonyl (C=O) groups excluding carboxylic acids is 1. The number of nitrogens with two attached hydrogens (primary N) is 1. The SMILES string of the molecule is CC[C@@H]1CCc2c(sc(N)c2C(=O)Nc2ccccc2Cl)C1. The van der Waals surface area contributed by atoms with Gasteiger partial charge < -0.3 is 11.1 Å². The van der Waals surface area contributed by atoms with Crippen molar-refractivity contribution >= 4 is 39.5 Å². The fourth-order valence-electron chi connectivity index (χ4n) is 3.02. The predicted octanol–water partition coefficient (Wildman–Crippen LogP) is 4.75. The molecule has 0 spiro atoms. The summed E-state index contributed by atoms with van der Waals surface area (Å²) in [7, 11) is 0. The molecule has 1 atom stereocenters. The molecule has 0 fully saturated rings. The van der Waals surface area contributed by atoms with Gasteiger partial charge in [-0.2, -0.15) is 0 Å². The van der Waals surface area contributed by atoms with Crippen LogP contribution in [-0.2, 0) is 12.8 Å². The zero-order valence-corrected chi connectivity index (χ0v) is 14.1. The van der Waals surface area contributed by atoms with Crippen LogP contribution in [0.3, 0.4) is 0 Å². The molecule has 0 saturated heterocycles. The minimum atomic E-state index is -0.155. The number of nitrogen functional groups attached to an aromatic ring is 1. The maximum atomic E-state index is 12.6. The van der Waals surface area contributed by atoms with E-state index in [0.29, 0.717) is 27.2 Å². The largest absolute Gasteiger partial charge is 0.390 e. The summed E-state index contributed by atoms with van der Waals surface area (Å²) in [5.41, 5.74) is 8.53. The van der Waals surface area contributed by atoms with Gasteiger partial charge in [-0.05, 0) is 42.9 Å². The fourth-order valence-corrected chi connectivity index (χ4v) is 4.43. The summed E-state index contributed by atoms with van der Waals surface area (Å²) >= 11 is 7.67. The molecule has 3 rings (SSSR count). The number of hydrogen-bond acceptors (Lipinski definition) is 3. The molecule has 116 valence electrons. The summed E-state index contributed by atoms with van der Waals surface area (Å²) in [6.07, 6.45) is 4.29. The highest BCUT2D eigenvalue weighted by molar-refractivity contribution is 7.16. The molecule has 0 saturated carbocycles. The maximum Gasteiger partial charge on any atom is 0.258 e. The van der Waals surface area contributed by atoms with Gasteiger partial charge in [0.1, 0.15) is 0 Å². The molecule has 1 amide bonds. The first-order valence-electron chi connectivity index (χ1n) is 7.56. The molecule has 0 bridgehead atoms. The molecule has 22 heavy (non-hydrogen) atoms. The molecule has 2 aromatic rings. The van der Waals surface area contributed by atoms with Gasteiger partial charge in [-0.3, -0.25) is 4.79 Å². The van der Waals surface area contributed by atoms with Crippen molar-refractivity contribution in [2.24, 2.45) is 5.92 Å². The monoisotopic (exact) mass is 334 g/mol. The smallest absolute Gasteiger partial charge is 0.258 e. The van der Waals surface area contributed by atoms with Crippen LogP contribution in [0.25, 0.3) is 0 Å². The van der Waals surface area contributed by atoms with E-state index in [4.69, 9.17) is 17.3 Å².